The number of aromatic nitrogens is 4. The molecule has 2 N–H and O–H groups in total. The van der Waals surface area contributed by atoms with Gasteiger partial charge < -0.3 is 10.4 Å². The molecule has 164 valence electrons. The van der Waals surface area contributed by atoms with Crippen LogP contribution in [0.4, 0.5) is 0 Å². The number of benzene rings is 2. The second kappa shape index (κ2) is 9.32. The van der Waals surface area contributed by atoms with E-state index >= 15 is 0 Å². The second-order valence-corrected chi connectivity index (χ2v) is 8.44. The fraction of sp³-hybridized carbons (Fsp3) is 0.120. The molecule has 1 amide bonds. The molecule has 1 atom stereocenters. The number of amides is 1. The Morgan fingerprint density at radius 3 is 2.88 bits per heavy atom. The van der Waals surface area contributed by atoms with Gasteiger partial charge in [-0.2, -0.15) is 11.3 Å². The summed E-state index contributed by atoms with van der Waals surface area (Å²) in [7, 11) is 0. The Morgan fingerprint density at radius 1 is 1.12 bits per heavy atom. The molecule has 0 saturated heterocycles. The average molecular weight is 456 g/mol. The lowest BCUT2D eigenvalue weighted by atomic mass is 10.1. The first kappa shape index (κ1) is 21.0. The van der Waals surface area contributed by atoms with Crippen LogP contribution in [0, 0.1) is 0 Å². The van der Waals surface area contributed by atoms with Crippen molar-refractivity contribution in [2.75, 3.05) is 6.61 Å². The van der Waals surface area contributed by atoms with Gasteiger partial charge in [-0.1, -0.05) is 35.5 Å². The van der Waals surface area contributed by atoms with E-state index in [4.69, 9.17) is 0 Å². The van der Waals surface area contributed by atoms with Crippen LogP contribution >= 0.6 is 11.3 Å². The minimum atomic E-state index is -0.446. The minimum absolute atomic E-state index is 0.168. The summed E-state index contributed by atoms with van der Waals surface area (Å²) in [4.78, 5) is 17.2. The third-order valence-electron chi connectivity index (χ3n) is 5.50. The number of fused-ring (bicyclic) bond motifs is 1. The van der Waals surface area contributed by atoms with Crippen molar-refractivity contribution in [3.05, 3.63) is 101 Å². The van der Waals surface area contributed by atoms with Crippen molar-refractivity contribution >= 4 is 28.0 Å². The molecular weight excluding hydrogens is 434 g/mol. The monoisotopic (exact) mass is 455 g/mol. The third-order valence-corrected chi connectivity index (χ3v) is 6.20. The van der Waals surface area contributed by atoms with Gasteiger partial charge in [0.25, 0.3) is 5.91 Å². The van der Waals surface area contributed by atoms with E-state index in [1.165, 1.54) is 11.3 Å². The van der Waals surface area contributed by atoms with Gasteiger partial charge in [0.1, 0.15) is 5.69 Å². The number of hydrogen-bond acceptors (Lipinski definition) is 6. The summed E-state index contributed by atoms with van der Waals surface area (Å²) in [6, 6.07) is 16.9. The molecular formula is C25H21N5O2S. The van der Waals surface area contributed by atoms with Gasteiger partial charge in [0.2, 0.25) is 0 Å². The summed E-state index contributed by atoms with van der Waals surface area (Å²) in [5, 5.41) is 27.3. The maximum absolute atomic E-state index is 13.0. The topological polar surface area (TPSA) is 92.9 Å². The lowest BCUT2D eigenvalue weighted by Crippen LogP contribution is -2.31. The van der Waals surface area contributed by atoms with Crippen molar-refractivity contribution in [1.29, 1.82) is 0 Å². The first-order chi connectivity index (χ1) is 16.2. The van der Waals surface area contributed by atoms with Crippen molar-refractivity contribution < 1.29 is 9.90 Å². The van der Waals surface area contributed by atoms with Crippen LogP contribution in [0.25, 0.3) is 22.0 Å². The molecule has 3 heterocycles. The number of thiophene rings is 1. The summed E-state index contributed by atoms with van der Waals surface area (Å²) in [5.41, 5.74) is 3.97. The first-order valence-corrected chi connectivity index (χ1v) is 11.4. The maximum Gasteiger partial charge on any atom is 0.252 e. The van der Waals surface area contributed by atoms with E-state index in [1.54, 1.807) is 16.9 Å². The van der Waals surface area contributed by atoms with Crippen molar-refractivity contribution in [3.63, 3.8) is 0 Å². The predicted molar refractivity (Wildman–Crippen MR) is 128 cm³/mol. The maximum atomic E-state index is 13.0. The van der Waals surface area contributed by atoms with Crippen LogP contribution in [-0.2, 0) is 6.54 Å². The van der Waals surface area contributed by atoms with Crippen molar-refractivity contribution in [2.24, 2.45) is 0 Å². The quantitative estimate of drug-likeness (QED) is 0.386. The number of rotatable bonds is 7. The molecule has 1 unspecified atom stereocenters. The highest BCUT2D eigenvalue weighted by atomic mass is 32.1. The van der Waals surface area contributed by atoms with Crippen molar-refractivity contribution in [1.82, 2.24) is 25.3 Å². The lowest BCUT2D eigenvalue weighted by molar-refractivity contribution is 0.0915. The molecule has 0 aliphatic rings. The Balaban J connectivity index is 1.36. The van der Waals surface area contributed by atoms with Crippen LogP contribution in [0.15, 0.2) is 83.9 Å². The molecule has 33 heavy (non-hydrogen) atoms. The SMILES string of the molecule is O=C(NC(CO)c1ccsc1)c1ccccc1Cn1cc(-c2ccc3cnccc3c2)nn1. The molecule has 0 aliphatic carbocycles. The van der Waals surface area contributed by atoms with Crippen LogP contribution in [0.1, 0.15) is 27.5 Å². The van der Waals surface area contributed by atoms with Gasteiger partial charge in [0.05, 0.1) is 25.4 Å². The summed E-state index contributed by atoms with van der Waals surface area (Å²) in [5.74, 6) is -0.237. The Morgan fingerprint density at radius 2 is 2.03 bits per heavy atom. The van der Waals surface area contributed by atoms with E-state index in [0.717, 1.165) is 33.2 Å². The average Bonchev–Trinajstić information content (AvgIpc) is 3.55. The predicted octanol–water partition coefficient (Wildman–Crippen LogP) is 4.07. The molecule has 8 heteroatoms. The summed E-state index contributed by atoms with van der Waals surface area (Å²) in [6.45, 7) is 0.231. The number of aliphatic hydroxyl groups is 1. The molecule has 0 fully saturated rings. The van der Waals surface area contributed by atoms with Gasteiger partial charge in [-0.15, -0.1) is 5.10 Å². The number of hydrogen-bond donors (Lipinski definition) is 2. The Labute approximate surface area is 194 Å². The number of nitrogens with one attached hydrogen (secondary N) is 1. The Bertz CT molecular complexity index is 1400. The van der Waals surface area contributed by atoms with Crippen LogP contribution in [0.5, 0.6) is 0 Å². The molecule has 0 spiro atoms. The van der Waals surface area contributed by atoms with Gasteiger partial charge in [-0.3, -0.25) is 9.78 Å². The van der Waals surface area contributed by atoms with Gasteiger partial charge >= 0.3 is 0 Å². The second-order valence-electron chi connectivity index (χ2n) is 7.66. The zero-order valence-corrected chi connectivity index (χ0v) is 18.4. The van der Waals surface area contributed by atoms with Gasteiger partial charge in [0, 0.05) is 28.9 Å². The van der Waals surface area contributed by atoms with E-state index < -0.39 is 6.04 Å². The number of aliphatic hydroxyl groups excluding tert-OH is 1. The van der Waals surface area contributed by atoms with E-state index in [9.17, 15) is 9.90 Å². The number of nitrogens with zero attached hydrogens (tertiary/aromatic N) is 4. The Kier molecular flexibility index (Phi) is 5.93. The number of pyridine rings is 1. The van der Waals surface area contributed by atoms with Gasteiger partial charge in [-0.05, 0) is 51.5 Å². The van der Waals surface area contributed by atoms with Crippen LogP contribution in [-0.4, -0.2) is 37.6 Å². The van der Waals surface area contributed by atoms with Crippen LogP contribution in [0.3, 0.4) is 0 Å². The standard InChI is InChI=1S/C25H21N5O2S/c31-15-24(21-8-10-33-16-21)27-25(32)22-4-2-1-3-20(22)13-30-14-23(28-29-30)18-5-6-19-12-26-9-7-17(19)11-18/h1-12,14,16,24,31H,13,15H2,(H,27,32). The van der Waals surface area contributed by atoms with E-state index in [0.29, 0.717) is 12.1 Å². The highest BCUT2D eigenvalue weighted by molar-refractivity contribution is 7.08. The molecule has 5 aromatic rings. The summed E-state index contributed by atoms with van der Waals surface area (Å²) in [6.07, 6.45) is 5.47. The molecule has 0 radical (unpaired) electrons. The molecule has 5 rings (SSSR count). The lowest BCUT2D eigenvalue weighted by Gasteiger charge is -2.17. The molecule has 3 aromatic heterocycles. The van der Waals surface area contributed by atoms with Crippen molar-refractivity contribution in [2.45, 2.75) is 12.6 Å². The molecule has 0 bridgehead atoms. The van der Waals surface area contributed by atoms with E-state index in [2.05, 4.69) is 26.7 Å². The largest absolute Gasteiger partial charge is 0.394 e. The number of carbonyl (C=O) groups is 1. The van der Waals surface area contributed by atoms with E-state index in [1.807, 2.05) is 65.6 Å². The fourth-order valence-electron chi connectivity index (χ4n) is 3.75. The normalized spacial score (nSPS) is 12.0. The zero-order valence-electron chi connectivity index (χ0n) is 17.6. The number of carbonyl (C=O) groups excluding carboxylic acids is 1. The zero-order chi connectivity index (χ0) is 22.6. The summed E-state index contributed by atoms with van der Waals surface area (Å²) >= 11 is 1.53. The molecule has 7 nitrogen and oxygen atoms in total. The van der Waals surface area contributed by atoms with Crippen LogP contribution < -0.4 is 5.32 Å². The third kappa shape index (κ3) is 4.52. The Hall–Kier alpha value is -3.88. The van der Waals surface area contributed by atoms with Crippen LogP contribution in [0.2, 0.25) is 0 Å². The highest BCUT2D eigenvalue weighted by Crippen LogP contribution is 2.23. The van der Waals surface area contributed by atoms with Gasteiger partial charge in [0.15, 0.2) is 0 Å². The molecule has 2 aromatic carbocycles. The highest BCUT2D eigenvalue weighted by Gasteiger charge is 2.18. The molecule has 0 aliphatic heterocycles. The van der Waals surface area contributed by atoms with Gasteiger partial charge in [-0.25, -0.2) is 4.68 Å². The molecule has 0 saturated carbocycles. The summed E-state index contributed by atoms with van der Waals surface area (Å²) < 4.78 is 1.72. The van der Waals surface area contributed by atoms with Crippen molar-refractivity contribution in [3.8, 4) is 11.3 Å². The first-order valence-electron chi connectivity index (χ1n) is 10.5. The fourth-order valence-corrected chi connectivity index (χ4v) is 4.46. The van der Waals surface area contributed by atoms with E-state index in [-0.39, 0.29) is 12.5 Å². The minimum Gasteiger partial charge on any atom is -0.394 e. The smallest absolute Gasteiger partial charge is 0.252 e.